The zero-order valence-corrected chi connectivity index (χ0v) is 11.7. The number of nitro groups is 1. The molecule has 0 atom stereocenters. The van der Waals surface area contributed by atoms with E-state index in [4.69, 9.17) is 0 Å². The Bertz CT molecular complexity index is 522. The molecule has 2 rings (SSSR count). The highest BCUT2D eigenvalue weighted by Gasteiger charge is 2.24. The van der Waals surface area contributed by atoms with Crippen molar-refractivity contribution in [3.63, 3.8) is 0 Å². The predicted molar refractivity (Wildman–Crippen MR) is 75.0 cm³/mol. The van der Waals surface area contributed by atoms with Crippen LogP contribution in [0, 0.1) is 16.0 Å². The van der Waals surface area contributed by atoms with Crippen LogP contribution < -0.4 is 4.90 Å². The Morgan fingerprint density at radius 2 is 2.05 bits per heavy atom. The van der Waals surface area contributed by atoms with Crippen molar-refractivity contribution in [1.29, 1.82) is 0 Å². The number of carbonyl (C=O) groups excluding carboxylic acids is 1. The van der Waals surface area contributed by atoms with Gasteiger partial charge in [0, 0.05) is 19.2 Å². The molecule has 1 aliphatic rings. The lowest BCUT2D eigenvalue weighted by Crippen LogP contribution is -2.33. The maximum Gasteiger partial charge on any atom is 0.337 e. The molecule has 0 bridgehead atoms. The molecule has 20 heavy (non-hydrogen) atoms. The van der Waals surface area contributed by atoms with Crippen LogP contribution in [-0.2, 0) is 4.74 Å². The zero-order chi connectivity index (χ0) is 14.7. The molecule has 0 amide bonds. The number of esters is 1. The van der Waals surface area contributed by atoms with Gasteiger partial charge in [-0.3, -0.25) is 10.1 Å². The Hall–Kier alpha value is -2.11. The van der Waals surface area contributed by atoms with Crippen LogP contribution >= 0.6 is 0 Å². The fraction of sp³-hybridized carbons (Fsp3) is 0.500. The second-order valence-electron chi connectivity index (χ2n) is 5.12. The maximum absolute atomic E-state index is 11.6. The van der Waals surface area contributed by atoms with Crippen LogP contribution in [0.4, 0.5) is 11.4 Å². The van der Waals surface area contributed by atoms with Gasteiger partial charge in [-0.25, -0.2) is 4.79 Å². The van der Waals surface area contributed by atoms with Gasteiger partial charge in [0.2, 0.25) is 0 Å². The van der Waals surface area contributed by atoms with E-state index in [1.54, 1.807) is 6.07 Å². The topological polar surface area (TPSA) is 72.7 Å². The second kappa shape index (κ2) is 5.90. The minimum Gasteiger partial charge on any atom is -0.465 e. The van der Waals surface area contributed by atoms with Crippen molar-refractivity contribution in [2.24, 2.45) is 5.92 Å². The van der Waals surface area contributed by atoms with Crippen molar-refractivity contribution in [1.82, 2.24) is 0 Å². The summed E-state index contributed by atoms with van der Waals surface area (Å²) < 4.78 is 4.67. The molecule has 6 nitrogen and oxygen atoms in total. The third kappa shape index (κ3) is 2.89. The molecule has 1 saturated heterocycles. The van der Waals surface area contributed by atoms with Crippen LogP contribution in [0.2, 0.25) is 0 Å². The summed E-state index contributed by atoms with van der Waals surface area (Å²) in [6.07, 6.45) is 2.00. The number of rotatable bonds is 3. The average molecular weight is 278 g/mol. The number of nitro benzene ring substituents is 1. The summed E-state index contributed by atoms with van der Waals surface area (Å²) in [4.78, 5) is 24.3. The van der Waals surface area contributed by atoms with Crippen LogP contribution in [0.5, 0.6) is 0 Å². The molecule has 0 aliphatic carbocycles. The Balaban J connectivity index is 2.36. The molecule has 0 radical (unpaired) electrons. The monoisotopic (exact) mass is 278 g/mol. The Labute approximate surface area is 117 Å². The van der Waals surface area contributed by atoms with Gasteiger partial charge in [0.1, 0.15) is 5.69 Å². The highest BCUT2D eigenvalue weighted by molar-refractivity contribution is 5.91. The van der Waals surface area contributed by atoms with E-state index < -0.39 is 10.9 Å². The van der Waals surface area contributed by atoms with Crippen LogP contribution in [0.15, 0.2) is 18.2 Å². The first-order valence-corrected chi connectivity index (χ1v) is 6.64. The highest BCUT2D eigenvalue weighted by Crippen LogP contribution is 2.32. The molecule has 1 aliphatic heterocycles. The van der Waals surface area contributed by atoms with Crippen molar-refractivity contribution < 1.29 is 14.5 Å². The van der Waals surface area contributed by atoms with Gasteiger partial charge in [-0.15, -0.1) is 0 Å². The molecule has 0 N–H and O–H groups in total. The fourth-order valence-electron chi connectivity index (χ4n) is 2.43. The molecule has 1 aromatic rings. The number of benzene rings is 1. The quantitative estimate of drug-likeness (QED) is 0.483. The van der Waals surface area contributed by atoms with Gasteiger partial charge < -0.3 is 9.64 Å². The molecule has 0 spiro atoms. The minimum absolute atomic E-state index is 0.0345. The van der Waals surface area contributed by atoms with E-state index >= 15 is 0 Å². The summed E-state index contributed by atoms with van der Waals surface area (Å²) in [6.45, 7) is 3.72. The largest absolute Gasteiger partial charge is 0.465 e. The SMILES string of the molecule is COC(=O)c1ccc([N+](=O)[O-])c(N2CCC(C)CC2)c1. The molecule has 1 aromatic carbocycles. The Morgan fingerprint density at radius 1 is 1.40 bits per heavy atom. The Morgan fingerprint density at radius 3 is 2.60 bits per heavy atom. The number of piperidine rings is 1. The van der Waals surface area contributed by atoms with Gasteiger partial charge in [-0.2, -0.15) is 0 Å². The van der Waals surface area contributed by atoms with Crippen LogP contribution in [0.3, 0.4) is 0 Å². The number of hydrogen-bond acceptors (Lipinski definition) is 5. The van der Waals surface area contributed by atoms with Gasteiger partial charge in [0.25, 0.3) is 5.69 Å². The molecule has 0 saturated carbocycles. The van der Waals surface area contributed by atoms with Gasteiger partial charge in [-0.1, -0.05) is 6.92 Å². The van der Waals surface area contributed by atoms with Crippen LogP contribution in [-0.4, -0.2) is 31.1 Å². The summed E-state index contributed by atoms with van der Waals surface area (Å²) in [5.41, 5.74) is 0.878. The lowest BCUT2D eigenvalue weighted by molar-refractivity contribution is -0.384. The highest BCUT2D eigenvalue weighted by atomic mass is 16.6. The number of methoxy groups -OCH3 is 1. The third-order valence-corrected chi connectivity index (χ3v) is 3.72. The molecule has 0 aromatic heterocycles. The van der Waals surface area contributed by atoms with Crippen LogP contribution in [0.25, 0.3) is 0 Å². The van der Waals surface area contributed by atoms with Gasteiger partial charge in [-0.05, 0) is 30.9 Å². The fourth-order valence-corrected chi connectivity index (χ4v) is 2.43. The van der Waals surface area contributed by atoms with Crippen molar-refractivity contribution >= 4 is 17.3 Å². The van der Waals surface area contributed by atoms with Gasteiger partial charge >= 0.3 is 5.97 Å². The molecule has 1 fully saturated rings. The first kappa shape index (κ1) is 14.3. The molecular formula is C14H18N2O4. The van der Waals surface area contributed by atoms with E-state index in [0.29, 0.717) is 17.2 Å². The third-order valence-electron chi connectivity index (χ3n) is 3.72. The normalized spacial score (nSPS) is 16.0. The summed E-state index contributed by atoms with van der Waals surface area (Å²) in [5.74, 6) is 0.153. The molecule has 6 heteroatoms. The average Bonchev–Trinajstić information content (AvgIpc) is 2.46. The van der Waals surface area contributed by atoms with Crippen molar-refractivity contribution in [3.05, 3.63) is 33.9 Å². The molecular weight excluding hydrogens is 260 g/mol. The minimum atomic E-state index is -0.480. The summed E-state index contributed by atoms with van der Waals surface area (Å²) >= 11 is 0. The van der Waals surface area contributed by atoms with Crippen LogP contribution in [0.1, 0.15) is 30.1 Å². The number of nitrogens with zero attached hydrogens (tertiary/aromatic N) is 2. The van der Waals surface area contributed by atoms with E-state index in [-0.39, 0.29) is 5.69 Å². The first-order valence-electron chi connectivity index (χ1n) is 6.64. The molecule has 0 unspecified atom stereocenters. The maximum atomic E-state index is 11.6. The summed E-state index contributed by atoms with van der Waals surface area (Å²) in [7, 11) is 1.30. The van der Waals surface area contributed by atoms with E-state index in [1.165, 1.54) is 19.2 Å². The molecule has 108 valence electrons. The van der Waals surface area contributed by atoms with Gasteiger partial charge in [0.15, 0.2) is 0 Å². The van der Waals surface area contributed by atoms with Crippen molar-refractivity contribution in [2.45, 2.75) is 19.8 Å². The van der Waals surface area contributed by atoms with E-state index in [2.05, 4.69) is 11.7 Å². The van der Waals surface area contributed by atoms with Crippen molar-refractivity contribution in [3.8, 4) is 0 Å². The van der Waals surface area contributed by atoms with E-state index in [9.17, 15) is 14.9 Å². The van der Waals surface area contributed by atoms with E-state index in [0.717, 1.165) is 25.9 Å². The smallest absolute Gasteiger partial charge is 0.337 e. The number of anilines is 1. The van der Waals surface area contributed by atoms with Gasteiger partial charge in [0.05, 0.1) is 17.6 Å². The Kier molecular flexibility index (Phi) is 4.22. The number of ether oxygens (including phenoxy) is 1. The van der Waals surface area contributed by atoms with E-state index in [1.807, 2.05) is 4.90 Å². The summed E-state index contributed by atoms with van der Waals surface area (Å²) in [6, 6.07) is 4.36. The predicted octanol–water partition coefficient (Wildman–Crippen LogP) is 2.62. The summed E-state index contributed by atoms with van der Waals surface area (Å²) in [5, 5.41) is 11.1. The number of hydrogen-bond donors (Lipinski definition) is 0. The molecule has 1 heterocycles. The number of carbonyl (C=O) groups is 1. The van der Waals surface area contributed by atoms with Crippen molar-refractivity contribution in [2.75, 3.05) is 25.1 Å². The lowest BCUT2D eigenvalue weighted by Gasteiger charge is -2.31. The lowest BCUT2D eigenvalue weighted by atomic mass is 9.98. The standard InChI is InChI=1S/C14H18N2O4/c1-10-5-7-15(8-6-10)13-9-11(14(17)20-2)3-4-12(13)16(18)19/h3-4,9-10H,5-8H2,1-2H3. The first-order chi connectivity index (χ1) is 9.52. The second-order valence-corrected chi connectivity index (χ2v) is 5.12. The zero-order valence-electron chi connectivity index (χ0n) is 11.7.